The van der Waals surface area contributed by atoms with Gasteiger partial charge < -0.3 is 10.5 Å². The number of rotatable bonds is 4. The molecule has 1 unspecified atom stereocenters. The maximum absolute atomic E-state index is 11.7. The van der Waals surface area contributed by atoms with Gasteiger partial charge in [-0.1, -0.05) is 15.9 Å². The first-order chi connectivity index (χ1) is 7.97. The Morgan fingerprint density at radius 1 is 1.47 bits per heavy atom. The van der Waals surface area contributed by atoms with Gasteiger partial charge in [0.05, 0.1) is 17.0 Å². The molecular weight excluding hydrogens is 286 g/mol. The Labute approximate surface area is 108 Å². The van der Waals surface area contributed by atoms with Gasteiger partial charge >= 0.3 is 5.97 Å². The molecular formula is C12H14BrNO3. The summed E-state index contributed by atoms with van der Waals surface area (Å²) >= 11 is 3.19. The molecule has 0 aromatic heterocycles. The van der Waals surface area contributed by atoms with Crippen molar-refractivity contribution in [3.05, 3.63) is 29.3 Å². The van der Waals surface area contributed by atoms with E-state index in [2.05, 4.69) is 15.9 Å². The minimum Gasteiger partial charge on any atom is -0.462 e. The molecule has 0 bridgehead atoms. The van der Waals surface area contributed by atoms with E-state index in [0.29, 0.717) is 11.3 Å². The molecule has 0 heterocycles. The smallest absolute Gasteiger partial charge is 0.340 e. The molecule has 1 atom stereocenters. The first kappa shape index (κ1) is 13.7. The summed E-state index contributed by atoms with van der Waals surface area (Å²) in [5, 5.41) is 0. The van der Waals surface area contributed by atoms with Crippen molar-refractivity contribution >= 4 is 33.4 Å². The third-order valence-electron chi connectivity index (χ3n) is 2.19. The predicted molar refractivity (Wildman–Crippen MR) is 69.5 cm³/mol. The highest BCUT2D eigenvalue weighted by molar-refractivity contribution is 9.10. The summed E-state index contributed by atoms with van der Waals surface area (Å²) in [4.78, 5) is 23.0. The third kappa shape index (κ3) is 3.30. The van der Waals surface area contributed by atoms with Crippen LogP contribution in [0.4, 0.5) is 5.69 Å². The van der Waals surface area contributed by atoms with Gasteiger partial charge in [-0.3, -0.25) is 4.79 Å². The van der Waals surface area contributed by atoms with E-state index in [0.717, 1.165) is 0 Å². The number of benzene rings is 1. The van der Waals surface area contributed by atoms with E-state index in [1.165, 1.54) is 12.1 Å². The van der Waals surface area contributed by atoms with E-state index in [4.69, 9.17) is 10.5 Å². The summed E-state index contributed by atoms with van der Waals surface area (Å²) in [6.07, 6.45) is 0. The third-order valence-corrected chi connectivity index (χ3v) is 2.61. The van der Waals surface area contributed by atoms with Gasteiger partial charge in [-0.2, -0.15) is 0 Å². The lowest BCUT2D eigenvalue weighted by Gasteiger charge is -2.08. The van der Waals surface area contributed by atoms with Gasteiger partial charge in [0.25, 0.3) is 0 Å². The highest BCUT2D eigenvalue weighted by Crippen LogP contribution is 2.18. The summed E-state index contributed by atoms with van der Waals surface area (Å²) in [5.74, 6) is -0.613. The lowest BCUT2D eigenvalue weighted by atomic mass is 10.0. The number of halogens is 1. The molecule has 0 aliphatic carbocycles. The zero-order valence-electron chi connectivity index (χ0n) is 9.70. The number of anilines is 1. The van der Waals surface area contributed by atoms with Gasteiger partial charge in [-0.05, 0) is 32.0 Å². The molecule has 1 aromatic rings. The van der Waals surface area contributed by atoms with E-state index in [1.54, 1.807) is 19.9 Å². The van der Waals surface area contributed by atoms with Gasteiger partial charge in [-0.25, -0.2) is 4.79 Å². The fourth-order valence-corrected chi connectivity index (χ4v) is 1.59. The monoisotopic (exact) mass is 299 g/mol. The Balaban J connectivity index is 3.10. The Hall–Kier alpha value is -1.36. The molecule has 0 fully saturated rings. The molecule has 0 spiro atoms. The normalized spacial score (nSPS) is 11.9. The summed E-state index contributed by atoms with van der Waals surface area (Å²) in [6, 6.07) is 4.60. The zero-order chi connectivity index (χ0) is 13.0. The maximum Gasteiger partial charge on any atom is 0.340 e. The van der Waals surface area contributed by atoms with Crippen LogP contribution in [0.1, 0.15) is 34.6 Å². The number of ether oxygens (including phenoxy) is 1. The second-order valence-corrected chi connectivity index (χ2v) is 4.88. The molecule has 4 nitrogen and oxygen atoms in total. The Morgan fingerprint density at radius 2 is 2.12 bits per heavy atom. The molecule has 17 heavy (non-hydrogen) atoms. The summed E-state index contributed by atoms with van der Waals surface area (Å²) in [6.45, 7) is 3.71. The number of alkyl halides is 1. The summed E-state index contributed by atoms with van der Waals surface area (Å²) in [7, 11) is 0. The quantitative estimate of drug-likeness (QED) is 0.401. The van der Waals surface area contributed by atoms with Crippen molar-refractivity contribution in [1.29, 1.82) is 0 Å². The molecule has 0 saturated carbocycles. The number of carbonyl (C=O) groups is 2. The average Bonchev–Trinajstić information content (AvgIpc) is 2.28. The van der Waals surface area contributed by atoms with Crippen LogP contribution >= 0.6 is 15.9 Å². The van der Waals surface area contributed by atoms with Crippen LogP contribution in [0.3, 0.4) is 0 Å². The first-order valence-electron chi connectivity index (χ1n) is 5.22. The Kier molecular flexibility index (Phi) is 4.69. The number of hydrogen-bond acceptors (Lipinski definition) is 4. The largest absolute Gasteiger partial charge is 0.462 e. The molecule has 1 rings (SSSR count). The van der Waals surface area contributed by atoms with Crippen molar-refractivity contribution in [2.24, 2.45) is 0 Å². The highest BCUT2D eigenvalue weighted by atomic mass is 79.9. The number of ketones is 1. The minimum atomic E-state index is -0.512. The Morgan fingerprint density at radius 3 is 2.65 bits per heavy atom. The molecule has 92 valence electrons. The second-order valence-electron chi connectivity index (χ2n) is 3.50. The molecule has 0 radical (unpaired) electrons. The van der Waals surface area contributed by atoms with Crippen molar-refractivity contribution in [2.45, 2.75) is 18.7 Å². The van der Waals surface area contributed by atoms with Crippen molar-refractivity contribution in [3.8, 4) is 0 Å². The fourth-order valence-electron chi connectivity index (χ4n) is 1.32. The molecule has 0 aliphatic heterocycles. The van der Waals surface area contributed by atoms with Crippen molar-refractivity contribution in [1.82, 2.24) is 0 Å². The van der Waals surface area contributed by atoms with Gasteiger partial charge in [0, 0.05) is 11.3 Å². The van der Waals surface area contributed by atoms with Gasteiger partial charge in [0.2, 0.25) is 0 Å². The molecule has 0 saturated heterocycles. The SMILES string of the molecule is CCOC(=O)c1cc(C(=O)C(C)Br)ccc1N. The first-order valence-corrected chi connectivity index (χ1v) is 6.13. The number of nitrogens with two attached hydrogens (primary N) is 1. The minimum absolute atomic E-state index is 0.101. The van der Waals surface area contributed by atoms with E-state index in [-0.39, 0.29) is 22.8 Å². The lowest BCUT2D eigenvalue weighted by molar-refractivity contribution is 0.0527. The van der Waals surface area contributed by atoms with Crippen LogP contribution in [0.5, 0.6) is 0 Å². The lowest BCUT2D eigenvalue weighted by Crippen LogP contribution is -2.13. The van der Waals surface area contributed by atoms with Gasteiger partial charge in [-0.15, -0.1) is 0 Å². The number of Topliss-reactive ketones (excluding diaryl/α,β-unsaturated/α-hetero) is 1. The van der Waals surface area contributed by atoms with Crippen LogP contribution in [-0.2, 0) is 4.74 Å². The molecule has 2 N–H and O–H groups in total. The van der Waals surface area contributed by atoms with E-state index >= 15 is 0 Å². The van der Waals surface area contributed by atoms with Crippen molar-refractivity contribution < 1.29 is 14.3 Å². The topological polar surface area (TPSA) is 69.4 Å². The zero-order valence-corrected chi connectivity index (χ0v) is 11.3. The van der Waals surface area contributed by atoms with Crippen molar-refractivity contribution in [2.75, 3.05) is 12.3 Å². The summed E-state index contributed by atoms with van der Waals surface area (Å²) in [5.41, 5.74) is 6.64. The van der Waals surface area contributed by atoms with Gasteiger partial charge in [0.15, 0.2) is 5.78 Å². The average molecular weight is 300 g/mol. The number of carbonyl (C=O) groups excluding carboxylic acids is 2. The highest BCUT2D eigenvalue weighted by Gasteiger charge is 2.17. The van der Waals surface area contributed by atoms with Crippen LogP contribution in [0, 0.1) is 0 Å². The van der Waals surface area contributed by atoms with Crippen LogP contribution in [0.2, 0.25) is 0 Å². The second kappa shape index (κ2) is 5.82. The standard InChI is InChI=1S/C12H14BrNO3/c1-3-17-12(16)9-6-8(4-5-10(9)14)11(15)7(2)13/h4-7H,3,14H2,1-2H3. The van der Waals surface area contributed by atoms with Crippen LogP contribution < -0.4 is 5.73 Å². The Bertz CT molecular complexity index is 443. The van der Waals surface area contributed by atoms with E-state index in [9.17, 15) is 9.59 Å². The van der Waals surface area contributed by atoms with E-state index in [1.807, 2.05) is 0 Å². The van der Waals surface area contributed by atoms with Gasteiger partial charge in [0.1, 0.15) is 0 Å². The fraction of sp³-hybridized carbons (Fsp3) is 0.333. The maximum atomic E-state index is 11.7. The number of hydrogen-bond donors (Lipinski definition) is 1. The number of esters is 1. The number of nitrogen functional groups attached to an aromatic ring is 1. The van der Waals surface area contributed by atoms with Crippen LogP contribution in [0.25, 0.3) is 0 Å². The molecule has 1 aromatic carbocycles. The molecule has 0 aliphatic rings. The summed E-state index contributed by atoms with van der Waals surface area (Å²) < 4.78 is 4.86. The predicted octanol–water partition coefficient (Wildman–Crippen LogP) is 2.41. The van der Waals surface area contributed by atoms with Crippen LogP contribution in [-0.4, -0.2) is 23.2 Å². The molecule has 0 amide bonds. The van der Waals surface area contributed by atoms with Crippen molar-refractivity contribution in [3.63, 3.8) is 0 Å². The van der Waals surface area contributed by atoms with Crippen LogP contribution in [0.15, 0.2) is 18.2 Å². The van der Waals surface area contributed by atoms with E-state index < -0.39 is 5.97 Å². The molecule has 5 heteroatoms.